The van der Waals surface area contributed by atoms with Crippen molar-refractivity contribution in [1.29, 1.82) is 0 Å². The van der Waals surface area contributed by atoms with E-state index < -0.39 is 9.28 Å². The van der Waals surface area contributed by atoms with Crippen LogP contribution in [0.4, 0.5) is 4.39 Å². The fourth-order valence-electron chi connectivity index (χ4n) is 1.39. The van der Waals surface area contributed by atoms with Gasteiger partial charge in [-0.15, -0.1) is 0 Å². The van der Waals surface area contributed by atoms with Gasteiger partial charge in [-0.3, -0.25) is 0 Å². The topological polar surface area (TPSA) is 18.5 Å². The minimum Gasteiger partial charge on any atom is -0.397 e. The average Bonchev–Trinajstić information content (AvgIpc) is 2.18. The first kappa shape index (κ1) is 12.4. The molecule has 0 saturated carbocycles. The van der Waals surface area contributed by atoms with Gasteiger partial charge in [0.05, 0.1) is 0 Å². The second-order valence-corrected chi connectivity index (χ2v) is 5.11. The van der Waals surface area contributed by atoms with Crippen LogP contribution in [0, 0.1) is 5.82 Å². The second kappa shape index (κ2) is 6.71. The minimum atomic E-state index is -1.65. The molecule has 0 N–H and O–H groups in total. The first-order valence-electron chi connectivity index (χ1n) is 5.24. The van der Waals surface area contributed by atoms with E-state index >= 15 is 0 Å². The van der Waals surface area contributed by atoms with Crippen molar-refractivity contribution in [2.45, 2.75) is 19.9 Å². The van der Waals surface area contributed by atoms with Crippen molar-refractivity contribution in [1.82, 2.24) is 0 Å². The third kappa shape index (κ3) is 4.55. The number of hydrogen-bond acceptors (Lipinski definition) is 2. The molecule has 0 saturated heterocycles. The van der Waals surface area contributed by atoms with Gasteiger partial charge in [0.1, 0.15) is 5.82 Å². The highest BCUT2D eigenvalue weighted by atomic mass is 28.3. The van der Waals surface area contributed by atoms with Gasteiger partial charge in [-0.2, -0.15) is 0 Å². The average molecular weight is 228 g/mol. The maximum absolute atomic E-state index is 12.9. The Bertz CT molecular complexity index is 288. The predicted octanol–water partition coefficient (Wildman–Crippen LogP) is 2.20. The normalized spacial score (nSPS) is 10.9. The molecular formula is C11H17FO2Si. The first-order valence-corrected chi connectivity index (χ1v) is 6.99. The van der Waals surface area contributed by atoms with Crippen molar-refractivity contribution in [2.75, 3.05) is 13.2 Å². The van der Waals surface area contributed by atoms with Gasteiger partial charge in [-0.25, -0.2) is 4.39 Å². The van der Waals surface area contributed by atoms with E-state index in [1.54, 1.807) is 6.07 Å². The van der Waals surface area contributed by atoms with E-state index in [0.717, 1.165) is 11.6 Å². The van der Waals surface area contributed by atoms with Crippen molar-refractivity contribution >= 4 is 9.28 Å². The lowest BCUT2D eigenvalue weighted by Gasteiger charge is -2.14. The van der Waals surface area contributed by atoms with E-state index in [1.165, 1.54) is 12.1 Å². The number of rotatable bonds is 6. The molecule has 84 valence electrons. The molecule has 0 atom stereocenters. The fraction of sp³-hybridized carbons (Fsp3) is 0.455. The summed E-state index contributed by atoms with van der Waals surface area (Å²) >= 11 is 0. The molecule has 0 aliphatic rings. The lowest BCUT2D eigenvalue weighted by molar-refractivity contribution is 0.213. The Labute approximate surface area is 91.9 Å². The monoisotopic (exact) mass is 228 g/mol. The van der Waals surface area contributed by atoms with Crippen LogP contribution in [-0.2, 0) is 14.9 Å². The molecule has 0 heterocycles. The molecule has 1 aromatic rings. The highest BCUT2D eigenvalue weighted by Gasteiger charge is 2.13. The largest absolute Gasteiger partial charge is 0.397 e. The number of hydrogen-bond donors (Lipinski definition) is 0. The van der Waals surface area contributed by atoms with Gasteiger partial charge >= 0.3 is 9.28 Å². The zero-order valence-corrected chi connectivity index (χ0v) is 10.4. The van der Waals surface area contributed by atoms with Gasteiger partial charge in [0.2, 0.25) is 0 Å². The summed E-state index contributed by atoms with van der Waals surface area (Å²) < 4.78 is 24.0. The molecular weight excluding hydrogens is 211 g/mol. The summed E-state index contributed by atoms with van der Waals surface area (Å²) in [5.74, 6) is -0.201. The summed E-state index contributed by atoms with van der Waals surface area (Å²) in [6.45, 7) is 5.22. The van der Waals surface area contributed by atoms with E-state index in [2.05, 4.69) is 0 Å². The predicted molar refractivity (Wildman–Crippen MR) is 60.5 cm³/mol. The van der Waals surface area contributed by atoms with E-state index in [1.807, 2.05) is 19.9 Å². The molecule has 2 nitrogen and oxygen atoms in total. The maximum atomic E-state index is 12.9. The summed E-state index contributed by atoms with van der Waals surface area (Å²) in [6, 6.07) is 7.33. The standard InChI is InChI=1S/C11H17FO2Si/c1-3-13-15(14-4-2)9-10-6-5-7-11(12)8-10/h5-8,15H,3-4,9H2,1-2H3. The summed E-state index contributed by atoms with van der Waals surface area (Å²) in [7, 11) is -1.65. The maximum Gasteiger partial charge on any atom is 0.325 e. The van der Waals surface area contributed by atoms with Crippen LogP contribution in [0.15, 0.2) is 24.3 Å². The molecule has 0 unspecified atom stereocenters. The molecule has 0 aliphatic heterocycles. The van der Waals surface area contributed by atoms with E-state index in [4.69, 9.17) is 8.85 Å². The Morgan fingerprint density at radius 3 is 2.40 bits per heavy atom. The van der Waals surface area contributed by atoms with E-state index in [0.29, 0.717) is 13.2 Å². The van der Waals surface area contributed by atoms with Gasteiger partial charge in [-0.05, 0) is 31.5 Å². The van der Waals surface area contributed by atoms with E-state index in [9.17, 15) is 4.39 Å². The summed E-state index contributed by atoms with van der Waals surface area (Å²) in [6.07, 6.45) is 0. The van der Waals surface area contributed by atoms with Crippen LogP contribution in [0.2, 0.25) is 0 Å². The fourth-order valence-corrected chi connectivity index (χ4v) is 3.11. The zero-order chi connectivity index (χ0) is 11.1. The first-order chi connectivity index (χ1) is 7.26. The van der Waals surface area contributed by atoms with Crippen LogP contribution in [0.1, 0.15) is 19.4 Å². The number of benzene rings is 1. The van der Waals surface area contributed by atoms with Gasteiger partial charge in [0.25, 0.3) is 0 Å². The molecule has 1 rings (SSSR count). The van der Waals surface area contributed by atoms with Crippen LogP contribution in [0.5, 0.6) is 0 Å². The van der Waals surface area contributed by atoms with Crippen molar-refractivity contribution < 1.29 is 13.2 Å². The Balaban J connectivity index is 2.56. The summed E-state index contributed by atoms with van der Waals surface area (Å²) in [4.78, 5) is 0. The molecule has 15 heavy (non-hydrogen) atoms. The Hall–Kier alpha value is -0.713. The van der Waals surface area contributed by atoms with Gasteiger partial charge in [-0.1, -0.05) is 12.1 Å². The molecule has 0 amide bonds. The van der Waals surface area contributed by atoms with Crippen molar-refractivity contribution in [2.24, 2.45) is 0 Å². The van der Waals surface area contributed by atoms with Crippen LogP contribution in [0.3, 0.4) is 0 Å². The summed E-state index contributed by atoms with van der Waals surface area (Å²) in [5, 5.41) is 0. The van der Waals surface area contributed by atoms with E-state index in [-0.39, 0.29) is 5.82 Å². The smallest absolute Gasteiger partial charge is 0.325 e. The highest BCUT2D eigenvalue weighted by Crippen LogP contribution is 2.07. The minimum absolute atomic E-state index is 0.201. The third-order valence-electron chi connectivity index (χ3n) is 2.00. The Morgan fingerprint density at radius 2 is 1.87 bits per heavy atom. The molecule has 0 radical (unpaired) electrons. The molecule has 0 spiro atoms. The van der Waals surface area contributed by atoms with Crippen molar-refractivity contribution in [3.05, 3.63) is 35.6 Å². The molecule has 4 heteroatoms. The Morgan fingerprint density at radius 1 is 1.20 bits per heavy atom. The molecule has 1 aromatic carbocycles. The van der Waals surface area contributed by atoms with Gasteiger partial charge in [0, 0.05) is 19.3 Å². The molecule has 0 aliphatic carbocycles. The Kier molecular flexibility index (Phi) is 5.53. The third-order valence-corrected chi connectivity index (χ3v) is 4.21. The van der Waals surface area contributed by atoms with Crippen molar-refractivity contribution in [3.8, 4) is 0 Å². The number of halogens is 1. The zero-order valence-electron chi connectivity index (χ0n) is 9.20. The summed E-state index contributed by atoms with van der Waals surface area (Å²) in [5.41, 5.74) is 0.952. The second-order valence-electron chi connectivity index (χ2n) is 3.17. The molecule has 0 aromatic heterocycles. The van der Waals surface area contributed by atoms with Gasteiger partial charge < -0.3 is 8.85 Å². The van der Waals surface area contributed by atoms with Gasteiger partial charge in [0.15, 0.2) is 0 Å². The van der Waals surface area contributed by atoms with Crippen LogP contribution < -0.4 is 0 Å². The van der Waals surface area contributed by atoms with Crippen molar-refractivity contribution in [3.63, 3.8) is 0 Å². The lowest BCUT2D eigenvalue weighted by atomic mass is 10.2. The lowest BCUT2D eigenvalue weighted by Crippen LogP contribution is -2.26. The molecule has 0 bridgehead atoms. The van der Waals surface area contributed by atoms with Crippen LogP contribution in [-0.4, -0.2) is 22.5 Å². The van der Waals surface area contributed by atoms with Crippen LogP contribution >= 0.6 is 0 Å². The highest BCUT2D eigenvalue weighted by molar-refractivity contribution is 6.43. The SMILES string of the molecule is CCO[SiH](Cc1cccc(F)c1)OCC. The molecule has 0 fully saturated rings. The quantitative estimate of drug-likeness (QED) is 0.695. The van der Waals surface area contributed by atoms with Crippen LogP contribution in [0.25, 0.3) is 0 Å².